The molecule has 39 heavy (non-hydrogen) atoms. The van der Waals surface area contributed by atoms with Crippen LogP contribution >= 0.6 is 11.6 Å². The molecule has 0 aliphatic carbocycles. The predicted octanol–water partition coefficient (Wildman–Crippen LogP) is 5.95. The Hall–Kier alpha value is -3.46. The van der Waals surface area contributed by atoms with Gasteiger partial charge < -0.3 is 9.15 Å². The molecule has 0 saturated carbocycles. The third kappa shape index (κ3) is 6.76. The van der Waals surface area contributed by atoms with Crippen molar-refractivity contribution in [2.75, 3.05) is 0 Å². The molecule has 0 bridgehead atoms. The Kier molecular flexibility index (Phi) is 8.59. The van der Waals surface area contributed by atoms with Crippen molar-refractivity contribution >= 4 is 38.6 Å². The number of fused-ring (bicyclic) bond motifs is 1. The second kappa shape index (κ2) is 11.7. The number of ether oxygens (including phenoxy) is 1. The number of carbonyl (C=O) groups excluding carboxylic acids is 1. The summed E-state index contributed by atoms with van der Waals surface area (Å²) >= 11 is 6.49. The van der Waals surface area contributed by atoms with Gasteiger partial charge in [-0.05, 0) is 55.5 Å². The van der Waals surface area contributed by atoms with Crippen LogP contribution in [0.3, 0.4) is 0 Å². The van der Waals surface area contributed by atoms with Gasteiger partial charge in [-0.3, -0.25) is 0 Å². The molecule has 7 nitrogen and oxygen atoms in total. The lowest BCUT2D eigenvalue weighted by molar-refractivity contribution is -0.136. The molecule has 0 radical (unpaired) electrons. The second-order valence-electron chi connectivity index (χ2n) is 9.97. The van der Waals surface area contributed by atoms with Gasteiger partial charge in [0.25, 0.3) is 0 Å². The van der Waals surface area contributed by atoms with E-state index in [1.807, 2.05) is 58.0 Å². The van der Waals surface area contributed by atoms with Crippen LogP contribution in [-0.2, 0) is 21.2 Å². The highest BCUT2D eigenvalue weighted by Crippen LogP contribution is 2.33. The van der Waals surface area contributed by atoms with Crippen LogP contribution in [0.5, 0.6) is 5.75 Å². The Labute approximate surface area is 232 Å². The zero-order chi connectivity index (χ0) is 28.3. The summed E-state index contributed by atoms with van der Waals surface area (Å²) in [4.78, 5) is 26.1. The third-order valence-corrected chi connectivity index (χ3v) is 8.18. The largest absolute Gasteiger partial charge is 0.424 e. The summed E-state index contributed by atoms with van der Waals surface area (Å²) in [7, 11) is -3.99. The number of rotatable bonds is 9. The lowest BCUT2D eigenvalue weighted by Gasteiger charge is -2.20. The Morgan fingerprint density at radius 1 is 1.03 bits per heavy atom. The fourth-order valence-corrected chi connectivity index (χ4v) is 5.69. The van der Waals surface area contributed by atoms with Crippen molar-refractivity contribution in [2.24, 2.45) is 5.92 Å². The van der Waals surface area contributed by atoms with Crippen molar-refractivity contribution < 1.29 is 22.4 Å². The first-order valence-electron chi connectivity index (χ1n) is 12.5. The molecular formula is C30H30ClNO6S. The SMILES string of the molecule is Cc1ccc(S(=O)(=O)N[C@@H](CC(C)C)C(=O)Oc2cc3oc(=O)c(Cc4ccccc4)c(C)c3cc2Cl)cc1. The van der Waals surface area contributed by atoms with Crippen LogP contribution in [0, 0.1) is 19.8 Å². The molecule has 4 rings (SSSR count). The smallest absolute Gasteiger partial charge is 0.340 e. The normalized spacial score (nSPS) is 12.6. The van der Waals surface area contributed by atoms with Crippen LogP contribution in [0.4, 0.5) is 0 Å². The molecule has 0 saturated heterocycles. The van der Waals surface area contributed by atoms with Crippen LogP contribution in [0.1, 0.15) is 42.5 Å². The van der Waals surface area contributed by atoms with Gasteiger partial charge in [-0.15, -0.1) is 0 Å². The van der Waals surface area contributed by atoms with Crippen LogP contribution in [0.2, 0.25) is 5.02 Å². The molecule has 3 aromatic carbocycles. The molecule has 1 aromatic heterocycles. The van der Waals surface area contributed by atoms with Crippen LogP contribution in [-0.4, -0.2) is 20.4 Å². The van der Waals surface area contributed by atoms with Gasteiger partial charge in [-0.25, -0.2) is 18.0 Å². The van der Waals surface area contributed by atoms with Crippen molar-refractivity contribution in [1.29, 1.82) is 0 Å². The topological polar surface area (TPSA) is 103 Å². The zero-order valence-corrected chi connectivity index (χ0v) is 23.7. The lowest BCUT2D eigenvalue weighted by Crippen LogP contribution is -2.43. The number of halogens is 1. The van der Waals surface area contributed by atoms with Gasteiger partial charge in [0.1, 0.15) is 11.6 Å². The van der Waals surface area contributed by atoms with E-state index in [2.05, 4.69) is 4.72 Å². The Morgan fingerprint density at radius 2 is 1.69 bits per heavy atom. The van der Waals surface area contributed by atoms with Gasteiger partial charge in [-0.1, -0.05) is 73.5 Å². The van der Waals surface area contributed by atoms with Crippen molar-refractivity contribution in [3.05, 3.63) is 104 Å². The van der Waals surface area contributed by atoms with E-state index in [9.17, 15) is 18.0 Å². The van der Waals surface area contributed by atoms with Gasteiger partial charge in [0, 0.05) is 23.4 Å². The van der Waals surface area contributed by atoms with Crippen LogP contribution < -0.4 is 15.1 Å². The molecule has 0 spiro atoms. The standard InChI is InChI=1S/C30H30ClNO6S/c1-18(2)14-26(32-39(35,36)22-12-10-19(3)11-13-22)30(34)38-28-17-27-23(16-25(28)31)20(4)24(29(33)37-27)15-21-8-6-5-7-9-21/h5-13,16-18,26,32H,14-15H2,1-4H3/t26-/m0/s1. The minimum atomic E-state index is -3.99. The molecule has 204 valence electrons. The highest BCUT2D eigenvalue weighted by molar-refractivity contribution is 7.89. The quantitative estimate of drug-likeness (QED) is 0.152. The summed E-state index contributed by atoms with van der Waals surface area (Å²) in [5, 5.41) is 0.743. The first-order valence-corrected chi connectivity index (χ1v) is 14.4. The second-order valence-corrected chi connectivity index (χ2v) is 12.1. The number of carbonyl (C=O) groups is 1. The van der Waals surface area contributed by atoms with Gasteiger partial charge >= 0.3 is 11.6 Å². The van der Waals surface area contributed by atoms with E-state index < -0.39 is 27.7 Å². The Morgan fingerprint density at radius 3 is 2.33 bits per heavy atom. The summed E-state index contributed by atoms with van der Waals surface area (Å²) in [6, 6.07) is 17.7. The number of sulfonamides is 1. The van der Waals surface area contributed by atoms with E-state index >= 15 is 0 Å². The molecule has 4 aromatic rings. The van der Waals surface area contributed by atoms with Crippen LogP contribution in [0.25, 0.3) is 11.0 Å². The summed E-state index contributed by atoms with van der Waals surface area (Å²) in [6.07, 6.45) is 0.601. The van der Waals surface area contributed by atoms with Crippen molar-refractivity contribution in [3.8, 4) is 5.75 Å². The van der Waals surface area contributed by atoms with E-state index in [1.54, 1.807) is 18.2 Å². The first kappa shape index (κ1) is 28.5. The highest BCUT2D eigenvalue weighted by Gasteiger charge is 2.29. The third-order valence-electron chi connectivity index (χ3n) is 6.39. The monoisotopic (exact) mass is 567 g/mol. The summed E-state index contributed by atoms with van der Waals surface area (Å²) in [5.41, 5.74) is 2.82. The highest BCUT2D eigenvalue weighted by atomic mass is 35.5. The molecule has 0 aliphatic rings. The summed E-state index contributed by atoms with van der Waals surface area (Å²) < 4.78 is 39.6. The van der Waals surface area contributed by atoms with E-state index in [0.29, 0.717) is 22.9 Å². The number of aryl methyl sites for hydroxylation is 2. The molecule has 0 aliphatic heterocycles. The molecular weight excluding hydrogens is 538 g/mol. The molecule has 1 N–H and O–H groups in total. The molecule has 1 atom stereocenters. The van der Waals surface area contributed by atoms with Crippen molar-refractivity contribution in [2.45, 2.75) is 51.5 Å². The number of hydrogen-bond acceptors (Lipinski definition) is 6. The molecule has 0 unspecified atom stereocenters. The van der Waals surface area contributed by atoms with E-state index in [4.69, 9.17) is 20.8 Å². The summed E-state index contributed by atoms with van der Waals surface area (Å²) in [5.74, 6) is -0.865. The van der Waals surface area contributed by atoms with E-state index in [-0.39, 0.29) is 33.6 Å². The molecule has 0 fully saturated rings. The average molecular weight is 568 g/mol. The number of benzene rings is 3. The van der Waals surface area contributed by atoms with Gasteiger partial charge in [0.05, 0.1) is 9.92 Å². The van der Waals surface area contributed by atoms with Gasteiger partial charge in [-0.2, -0.15) is 4.72 Å². The Bertz CT molecular complexity index is 1660. The maximum absolute atomic E-state index is 13.2. The maximum Gasteiger partial charge on any atom is 0.340 e. The van der Waals surface area contributed by atoms with Crippen molar-refractivity contribution in [3.63, 3.8) is 0 Å². The van der Waals surface area contributed by atoms with Gasteiger partial charge in [0.2, 0.25) is 10.0 Å². The fraction of sp³-hybridized carbons (Fsp3) is 0.267. The fourth-order valence-electron chi connectivity index (χ4n) is 4.29. The van der Waals surface area contributed by atoms with Gasteiger partial charge in [0.15, 0.2) is 5.75 Å². The summed E-state index contributed by atoms with van der Waals surface area (Å²) in [6.45, 7) is 7.41. The Balaban J connectivity index is 1.62. The van der Waals surface area contributed by atoms with E-state index in [0.717, 1.165) is 11.1 Å². The number of nitrogens with one attached hydrogen (secondary N) is 1. The molecule has 9 heteroatoms. The molecule has 1 heterocycles. The number of hydrogen-bond donors (Lipinski definition) is 1. The minimum absolute atomic E-state index is 0.0148. The predicted molar refractivity (Wildman–Crippen MR) is 152 cm³/mol. The molecule has 0 amide bonds. The van der Waals surface area contributed by atoms with E-state index in [1.165, 1.54) is 18.2 Å². The average Bonchev–Trinajstić information content (AvgIpc) is 2.88. The lowest BCUT2D eigenvalue weighted by atomic mass is 9.99. The van der Waals surface area contributed by atoms with Crippen molar-refractivity contribution in [1.82, 2.24) is 4.72 Å². The first-order chi connectivity index (χ1) is 18.4. The van der Waals surface area contributed by atoms with Crippen LogP contribution in [0.15, 0.2) is 80.8 Å². The zero-order valence-electron chi connectivity index (χ0n) is 22.2. The maximum atomic E-state index is 13.2. The minimum Gasteiger partial charge on any atom is -0.424 e. The number of esters is 1.